The maximum Gasteiger partial charge on any atom is 0.0950 e. The molecule has 2 aromatic heterocycles. The molecule has 0 N–H and O–H groups in total. The molecule has 0 aliphatic carbocycles. The van der Waals surface area contributed by atoms with Crippen molar-refractivity contribution in [1.29, 1.82) is 0 Å². The molecule has 5 heteroatoms. The van der Waals surface area contributed by atoms with Crippen LogP contribution >= 0.6 is 11.8 Å². The van der Waals surface area contributed by atoms with Gasteiger partial charge in [0.2, 0.25) is 0 Å². The Morgan fingerprint density at radius 3 is 1.97 bits per heavy atom. The average molecular weight is 495 g/mol. The van der Waals surface area contributed by atoms with E-state index >= 15 is 0 Å². The molecule has 0 saturated carbocycles. The molecule has 0 aromatic carbocycles. The van der Waals surface area contributed by atoms with Gasteiger partial charge < -0.3 is 8.83 Å². The molecule has 7 heterocycles. The minimum absolute atomic E-state index is 0.439. The van der Waals surface area contributed by atoms with Crippen molar-refractivity contribution in [1.82, 2.24) is 9.80 Å². The Morgan fingerprint density at radius 1 is 0.771 bits per heavy atom. The Hall–Kier alpha value is -1.17. The highest BCUT2D eigenvalue weighted by atomic mass is 32.2. The monoisotopic (exact) mass is 494 g/mol. The zero-order valence-corrected chi connectivity index (χ0v) is 22.3. The molecule has 0 amide bonds. The Kier molecular flexibility index (Phi) is 5.71. The fourth-order valence-corrected chi connectivity index (χ4v) is 10.9. The first-order chi connectivity index (χ1) is 17.0. The summed E-state index contributed by atoms with van der Waals surface area (Å²) in [7, 11) is 0. The maximum atomic E-state index is 5.54. The van der Waals surface area contributed by atoms with Gasteiger partial charge in [-0.3, -0.25) is 9.80 Å². The summed E-state index contributed by atoms with van der Waals surface area (Å²) in [5.41, 5.74) is 3.30. The van der Waals surface area contributed by atoms with E-state index in [-0.39, 0.29) is 0 Å². The third kappa shape index (κ3) is 3.87. The molecule has 190 valence electrons. The smallest absolute Gasteiger partial charge is 0.0950 e. The van der Waals surface area contributed by atoms with Crippen LogP contribution in [0.3, 0.4) is 0 Å². The van der Waals surface area contributed by atoms with Gasteiger partial charge in [-0.15, -0.1) is 0 Å². The topological polar surface area (TPSA) is 32.8 Å². The molecule has 0 bridgehead atoms. The van der Waals surface area contributed by atoms with Crippen LogP contribution in [0.5, 0.6) is 0 Å². The van der Waals surface area contributed by atoms with Crippen molar-refractivity contribution in [2.45, 2.75) is 101 Å². The normalized spacial score (nSPS) is 44.5. The van der Waals surface area contributed by atoms with E-state index in [1.165, 1.54) is 87.8 Å². The van der Waals surface area contributed by atoms with Crippen LogP contribution in [0.1, 0.15) is 94.8 Å². The summed E-state index contributed by atoms with van der Waals surface area (Å²) < 4.78 is 11.5. The van der Waals surface area contributed by atoms with Crippen molar-refractivity contribution in [3.63, 3.8) is 0 Å². The number of rotatable bonds is 2. The predicted octanol–water partition coefficient (Wildman–Crippen LogP) is 7.31. The molecule has 5 aliphatic rings. The number of nitrogens with zero attached hydrogens (tertiary/aromatic N) is 2. The van der Waals surface area contributed by atoms with Crippen LogP contribution in [0.25, 0.3) is 0 Å². The molecule has 2 spiro atoms. The minimum Gasteiger partial charge on any atom is -0.472 e. The average Bonchev–Trinajstić information content (AvgIpc) is 3.63. The van der Waals surface area contributed by atoms with Gasteiger partial charge >= 0.3 is 0 Å². The van der Waals surface area contributed by atoms with Gasteiger partial charge in [-0.25, -0.2) is 0 Å². The second-order valence-corrected chi connectivity index (χ2v) is 14.4. The third-order valence-corrected chi connectivity index (χ3v) is 12.7. The molecule has 8 atom stereocenters. The molecular weight excluding hydrogens is 452 g/mol. The van der Waals surface area contributed by atoms with Crippen molar-refractivity contribution in [3.8, 4) is 0 Å². The van der Waals surface area contributed by atoms with Gasteiger partial charge in [0.05, 0.1) is 25.1 Å². The first-order valence-electron chi connectivity index (χ1n) is 14.2. The fourth-order valence-electron chi connectivity index (χ4n) is 9.03. The highest BCUT2D eigenvalue weighted by Gasteiger charge is 2.56. The van der Waals surface area contributed by atoms with Crippen molar-refractivity contribution >= 4 is 11.8 Å². The van der Waals surface area contributed by atoms with Crippen LogP contribution in [0, 0.1) is 17.3 Å². The van der Waals surface area contributed by atoms with Crippen LogP contribution in [0.2, 0.25) is 0 Å². The van der Waals surface area contributed by atoms with E-state index < -0.39 is 0 Å². The zero-order valence-electron chi connectivity index (χ0n) is 21.5. The van der Waals surface area contributed by atoms with Gasteiger partial charge in [0.1, 0.15) is 0 Å². The molecule has 0 radical (unpaired) electrons. The van der Waals surface area contributed by atoms with Crippen LogP contribution in [-0.4, -0.2) is 45.5 Å². The van der Waals surface area contributed by atoms with E-state index in [1.807, 2.05) is 25.1 Å². The van der Waals surface area contributed by atoms with E-state index in [0.717, 1.165) is 23.9 Å². The number of thioether (sulfide) groups is 1. The van der Waals surface area contributed by atoms with E-state index in [2.05, 4.69) is 47.5 Å². The summed E-state index contributed by atoms with van der Waals surface area (Å²) in [5.74, 6) is 2.99. The Bertz CT molecular complexity index is 927. The van der Waals surface area contributed by atoms with Gasteiger partial charge in [-0.05, 0) is 87.2 Å². The highest BCUT2D eigenvalue weighted by molar-refractivity contribution is 8.01. The maximum absolute atomic E-state index is 5.54. The van der Waals surface area contributed by atoms with Gasteiger partial charge in [0.15, 0.2) is 0 Å². The summed E-state index contributed by atoms with van der Waals surface area (Å²) in [4.78, 5) is 5.86. The summed E-state index contributed by atoms with van der Waals surface area (Å²) in [6, 6.07) is 7.04. The van der Waals surface area contributed by atoms with Crippen molar-refractivity contribution in [2.75, 3.05) is 18.8 Å². The second kappa shape index (κ2) is 8.70. The van der Waals surface area contributed by atoms with Gasteiger partial charge in [-0.1, -0.05) is 13.8 Å². The number of piperidine rings is 4. The quantitative estimate of drug-likeness (QED) is 0.437. The lowest BCUT2D eigenvalue weighted by atomic mass is 9.67. The van der Waals surface area contributed by atoms with E-state index in [0.29, 0.717) is 22.2 Å². The Morgan fingerprint density at radius 2 is 1.37 bits per heavy atom. The van der Waals surface area contributed by atoms with Crippen LogP contribution < -0.4 is 0 Å². The number of hydrogen-bond acceptors (Lipinski definition) is 5. The summed E-state index contributed by atoms with van der Waals surface area (Å²) in [5, 5.41) is 0. The van der Waals surface area contributed by atoms with Crippen molar-refractivity contribution < 1.29 is 8.83 Å². The van der Waals surface area contributed by atoms with E-state index in [1.54, 1.807) is 0 Å². The molecule has 35 heavy (non-hydrogen) atoms. The lowest BCUT2D eigenvalue weighted by molar-refractivity contribution is -0.0454. The predicted molar refractivity (Wildman–Crippen MR) is 141 cm³/mol. The number of fused-ring (bicyclic) bond motifs is 2. The molecule has 5 saturated heterocycles. The second-order valence-electron chi connectivity index (χ2n) is 13.0. The van der Waals surface area contributed by atoms with Crippen LogP contribution in [-0.2, 0) is 0 Å². The minimum atomic E-state index is 0.439. The standard InChI is InChI=1S/C30H42N2O2S/c1-21-3-5-27(23-9-13-33-15-23)31-18-29(11-7-25(21)31)17-30(35-20-29)12-8-26-22(2)4-6-28(32(26)19-30)24-10-14-34-16-24/h9-10,13-16,21-22,25-28H,3-8,11-12,17-20H2,1-2H3/t21-,22-,25?,26?,27+,28+,29+,30+/m1/s1. The van der Waals surface area contributed by atoms with E-state index in [9.17, 15) is 0 Å². The van der Waals surface area contributed by atoms with E-state index in [4.69, 9.17) is 8.83 Å². The number of hydrogen-bond donors (Lipinski definition) is 0. The molecule has 4 nitrogen and oxygen atoms in total. The van der Waals surface area contributed by atoms with Crippen LogP contribution in [0.15, 0.2) is 46.0 Å². The molecular formula is C30H42N2O2S. The highest BCUT2D eigenvalue weighted by Crippen LogP contribution is 2.60. The van der Waals surface area contributed by atoms with Gasteiger partial charge in [0.25, 0.3) is 0 Å². The van der Waals surface area contributed by atoms with Crippen molar-refractivity contribution in [3.05, 3.63) is 48.3 Å². The molecule has 7 rings (SSSR count). The molecule has 5 aliphatic heterocycles. The van der Waals surface area contributed by atoms with Gasteiger partial charge in [0, 0.05) is 58.9 Å². The van der Waals surface area contributed by atoms with Crippen LogP contribution in [0.4, 0.5) is 0 Å². The zero-order chi connectivity index (χ0) is 23.6. The summed E-state index contributed by atoms with van der Waals surface area (Å²) >= 11 is 2.36. The lowest BCUT2D eigenvalue weighted by Gasteiger charge is -2.55. The third-order valence-electron chi connectivity index (χ3n) is 10.8. The van der Waals surface area contributed by atoms with Crippen molar-refractivity contribution in [2.24, 2.45) is 17.3 Å². The molecule has 2 unspecified atom stereocenters. The first kappa shape index (κ1) is 23.0. The molecule has 2 aromatic rings. The molecule has 5 fully saturated rings. The lowest BCUT2D eigenvalue weighted by Crippen LogP contribution is -2.57. The first-order valence-corrected chi connectivity index (χ1v) is 15.2. The fraction of sp³-hybridized carbons (Fsp3) is 0.733. The SMILES string of the molecule is C[C@@H]1CC[C@@H](c2ccoc2)N2C[C@@]3(CCC12)CS[C@@]1(CCC2[C@H](C)CC[C@@H](c4ccoc4)N2C1)C3. The van der Waals surface area contributed by atoms with Gasteiger partial charge in [-0.2, -0.15) is 11.8 Å². The summed E-state index contributed by atoms with van der Waals surface area (Å²) in [6.07, 6.45) is 20.0. The summed E-state index contributed by atoms with van der Waals surface area (Å²) in [6.45, 7) is 7.56. The Labute approximate surface area is 215 Å². The Balaban J connectivity index is 1.13. The number of furan rings is 2. The largest absolute Gasteiger partial charge is 0.472 e.